The van der Waals surface area contributed by atoms with E-state index < -0.39 is 5.54 Å². The van der Waals surface area contributed by atoms with Gasteiger partial charge in [-0.1, -0.05) is 0 Å². The van der Waals surface area contributed by atoms with E-state index in [-0.39, 0.29) is 17.8 Å². The number of halogens is 1. The molecule has 0 radical (unpaired) electrons. The average Bonchev–Trinajstić information content (AvgIpc) is 2.36. The van der Waals surface area contributed by atoms with Crippen LogP contribution in [0.2, 0.25) is 0 Å². The first-order valence-electron chi connectivity index (χ1n) is 6.12. The highest BCUT2D eigenvalue weighted by Gasteiger charge is 2.34. The summed E-state index contributed by atoms with van der Waals surface area (Å²) in [5, 5.41) is 3.22. The van der Waals surface area contributed by atoms with Gasteiger partial charge in [-0.15, -0.1) is 11.8 Å². The van der Waals surface area contributed by atoms with Crippen LogP contribution in [0.5, 0.6) is 0 Å². The van der Waals surface area contributed by atoms with Crippen molar-refractivity contribution in [1.82, 2.24) is 5.32 Å². The first-order valence-corrected chi connectivity index (χ1v) is 7.10. The molecule has 1 aromatic rings. The molecule has 19 heavy (non-hydrogen) atoms. The standard InChI is InChI=1S/C14H20FNO2S/c1-10(2)16-14(3,13(17)18-4)9-19-12-7-5-11(15)6-8-12/h5-8,10,16H,9H2,1-4H3. The van der Waals surface area contributed by atoms with Gasteiger partial charge in [-0.05, 0) is 45.0 Å². The summed E-state index contributed by atoms with van der Waals surface area (Å²) in [5.74, 6) is -0.0417. The monoisotopic (exact) mass is 285 g/mol. The fourth-order valence-electron chi connectivity index (χ4n) is 1.78. The maximum atomic E-state index is 12.8. The summed E-state index contributed by atoms with van der Waals surface area (Å²) in [7, 11) is 1.38. The molecule has 5 heteroatoms. The van der Waals surface area contributed by atoms with Gasteiger partial charge in [0.25, 0.3) is 0 Å². The quantitative estimate of drug-likeness (QED) is 0.644. The van der Waals surface area contributed by atoms with E-state index in [1.807, 2.05) is 20.8 Å². The Bertz CT molecular complexity index is 422. The van der Waals surface area contributed by atoms with E-state index in [1.54, 1.807) is 12.1 Å². The van der Waals surface area contributed by atoms with Crippen LogP contribution >= 0.6 is 11.8 Å². The molecule has 0 aromatic heterocycles. The molecule has 0 saturated carbocycles. The number of hydrogen-bond acceptors (Lipinski definition) is 4. The molecular formula is C14H20FNO2S. The summed E-state index contributed by atoms with van der Waals surface area (Å²) in [6.45, 7) is 5.77. The molecule has 1 aromatic carbocycles. The molecular weight excluding hydrogens is 265 g/mol. The average molecular weight is 285 g/mol. The minimum absolute atomic E-state index is 0.165. The van der Waals surface area contributed by atoms with Gasteiger partial charge in [-0.25, -0.2) is 4.39 Å². The summed E-state index contributed by atoms with van der Waals surface area (Å²) < 4.78 is 17.7. The van der Waals surface area contributed by atoms with Crippen LogP contribution in [0.3, 0.4) is 0 Å². The molecule has 0 aliphatic carbocycles. The first kappa shape index (κ1) is 16.0. The van der Waals surface area contributed by atoms with Crippen molar-refractivity contribution in [3.63, 3.8) is 0 Å². The number of benzene rings is 1. The minimum atomic E-state index is -0.762. The fourth-order valence-corrected chi connectivity index (χ4v) is 2.77. The molecule has 1 N–H and O–H groups in total. The first-order chi connectivity index (χ1) is 8.87. The van der Waals surface area contributed by atoms with Gasteiger partial charge < -0.3 is 4.74 Å². The number of rotatable bonds is 6. The number of thioether (sulfide) groups is 1. The predicted molar refractivity (Wildman–Crippen MR) is 75.8 cm³/mol. The van der Waals surface area contributed by atoms with Crippen molar-refractivity contribution < 1.29 is 13.9 Å². The Hall–Kier alpha value is -1.07. The Balaban J connectivity index is 2.72. The number of methoxy groups -OCH3 is 1. The Morgan fingerprint density at radius 1 is 1.42 bits per heavy atom. The van der Waals surface area contributed by atoms with Crippen LogP contribution in [-0.2, 0) is 9.53 Å². The van der Waals surface area contributed by atoms with Gasteiger partial charge in [0.1, 0.15) is 11.4 Å². The zero-order valence-corrected chi connectivity index (χ0v) is 12.5. The molecule has 0 spiro atoms. The van der Waals surface area contributed by atoms with Crippen molar-refractivity contribution in [2.45, 2.75) is 37.2 Å². The topological polar surface area (TPSA) is 38.3 Å². The highest BCUT2D eigenvalue weighted by atomic mass is 32.2. The molecule has 1 atom stereocenters. The molecule has 0 aliphatic heterocycles. The van der Waals surface area contributed by atoms with Crippen LogP contribution in [0.4, 0.5) is 4.39 Å². The molecule has 0 saturated heterocycles. The van der Waals surface area contributed by atoms with Gasteiger partial charge in [-0.3, -0.25) is 10.1 Å². The summed E-state index contributed by atoms with van der Waals surface area (Å²) in [6, 6.07) is 6.39. The number of nitrogens with one attached hydrogen (secondary N) is 1. The van der Waals surface area contributed by atoms with E-state index in [1.165, 1.54) is 31.0 Å². The van der Waals surface area contributed by atoms with Gasteiger partial charge in [0.15, 0.2) is 0 Å². The highest BCUT2D eigenvalue weighted by molar-refractivity contribution is 7.99. The Morgan fingerprint density at radius 3 is 2.47 bits per heavy atom. The van der Waals surface area contributed by atoms with Gasteiger partial charge in [0, 0.05) is 16.7 Å². The van der Waals surface area contributed by atoms with Crippen molar-refractivity contribution in [3.05, 3.63) is 30.1 Å². The van der Waals surface area contributed by atoms with Crippen molar-refractivity contribution in [3.8, 4) is 0 Å². The van der Waals surface area contributed by atoms with Crippen molar-refractivity contribution >= 4 is 17.7 Å². The fraction of sp³-hybridized carbons (Fsp3) is 0.500. The van der Waals surface area contributed by atoms with E-state index in [4.69, 9.17) is 4.74 Å². The van der Waals surface area contributed by atoms with Crippen LogP contribution in [0.25, 0.3) is 0 Å². The largest absolute Gasteiger partial charge is 0.468 e. The highest BCUT2D eigenvalue weighted by Crippen LogP contribution is 2.24. The lowest BCUT2D eigenvalue weighted by atomic mass is 10.0. The van der Waals surface area contributed by atoms with Gasteiger partial charge in [0.2, 0.25) is 0 Å². The lowest BCUT2D eigenvalue weighted by Crippen LogP contribution is -2.54. The smallest absolute Gasteiger partial charge is 0.326 e. The molecule has 0 heterocycles. The maximum absolute atomic E-state index is 12.8. The van der Waals surface area contributed by atoms with Gasteiger partial charge in [-0.2, -0.15) is 0 Å². The van der Waals surface area contributed by atoms with Crippen LogP contribution in [0.15, 0.2) is 29.2 Å². The lowest BCUT2D eigenvalue weighted by Gasteiger charge is -2.29. The van der Waals surface area contributed by atoms with E-state index in [0.29, 0.717) is 5.75 Å². The Kier molecular flexibility index (Phi) is 5.82. The Labute approximate surface area is 117 Å². The number of ether oxygens (including phenoxy) is 1. The third kappa shape index (κ3) is 4.84. The second kappa shape index (κ2) is 6.91. The van der Waals surface area contributed by atoms with Crippen LogP contribution in [0.1, 0.15) is 20.8 Å². The molecule has 3 nitrogen and oxygen atoms in total. The number of carbonyl (C=O) groups excluding carboxylic acids is 1. The summed E-state index contributed by atoms with van der Waals surface area (Å²) >= 11 is 1.49. The van der Waals surface area contributed by atoms with E-state index >= 15 is 0 Å². The van der Waals surface area contributed by atoms with Crippen LogP contribution < -0.4 is 5.32 Å². The van der Waals surface area contributed by atoms with Crippen LogP contribution in [-0.4, -0.2) is 30.4 Å². The molecule has 0 amide bonds. The van der Waals surface area contributed by atoms with Gasteiger partial charge >= 0.3 is 5.97 Å². The van der Waals surface area contributed by atoms with E-state index in [9.17, 15) is 9.18 Å². The number of hydrogen-bond donors (Lipinski definition) is 1. The second-order valence-corrected chi connectivity index (χ2v) is 5.91. The lowest BCUT2D eigenvalue weighted by molar-refractivity contribution is -0.147. The van der Waals surface area contributed by atoms with Gasteiger partial charge in [0.05, 0.1) is 7.11 Å². The number of carbonyl (C=O) groups is 1. The Morgan fingerprint density at radius 2 is 2.00 bits per heavy atom. The normalized spacial score (nSPS) is 14.2. The molecule has 1 rings (SSSR count). The maximum Gasteiger partial charge on any atom is 0.326 e. The molecule has 0 aliphatic rings. The summed E-state index contributed by atoms with van der Waals surface area (Å²) in [4.78, 5) is 12.8. The van der Waals surface area contributed by atoms with Crippen molar-refractivity contribution in [2.24, 2.45) is 0 Å². The molecule has 1 unspecified atom stereocenters. The van der Waals surface area contributed by atoms with Crippen LogP contribution in [0, 0.1) is 5.82 Å². The van der Waals surface area contributed by atoms with E-state index in [2.05, 4.69) is 5.32 Å². The second-order valence-electron chi connectivity index (χ2n) is 4.87. The predicted octanol–water partition coefficient (Wildman–Crippen LogP) is 2.85. The molecule has 0 bridgehead atoms. The third-order valence-electron chi connectivity index (χ3n) is 2.58. The zero-order valence-electron chi connectivity index (χ0n) is 11.7. The summed E-state index contributed by atoms with van der Waals surface area (Å²) in [5.41, 5.74) is -0.762. The third-order valence-corrected chi connectivity index (χ3v) is 3.91. The molecule has 106 valence electrons. The van der Waals surface area contributed by atoms with Crippen molar-refractivity contribution in [1.29, 1.82) is 0 Å². The summed E-state index contributed by atoms with van der Waals surface area (Å²) in [6.07, 6.45) is 0. The van der Waals surface area contributed by atoms with Crippen molar-refractivity contribution in [2.75, 3.05) is 12.9 Å². The minimum Gasteiger partial charge on any atom is -0.468 e. The van der Waals surface area contributed by atoms with E-state index in [0.717, 1.165) is 4.90 Å². The SMILES string of the molecule is COC(=O)C(C)(CSc1ccc(F)cc1)NC(C)C. The molecule has 0 fully saturated rings. The zero-order chi connectivity index (χ0) is 14.5. The number of esters is 1.